The molecule has 172 valence electrons. The second-order valence-electron chi connectivity index (χ2n) is 8.75. The van der Waals surface area contributed by atoms with Gasteiger partial charge in [-0.05, 0) is 62.1 Å². The Labute approximate surface area is 194 Å². The molecule has 0 amide bonds. The number of aromatic nitrogens is 1. The number of carboxylic acids is 1. The Morgan fingerprint density at radius 2 is 2.00 bits per heavy atom. The zero-order valence-electron chi connectivity index (χ0n) is 19.4. The molecule has 2 aromatic carbocycles. The van der Waals surface area contributed by atoms with Gasteiger partial charge in [-0.2, -0.15) is 0 Å². The number of hydrogen-bond donors (Lipinski definition) is 1. The molecule has 0 unspecified atom stereocenters. The molecule has 1 aromatic heterocycles. The van der Waals surface area contributed by atoms with Crippen molar-refractivity contribution in [3.8, 4) is 5.75 Å². The van der Waals surface area contributed by atoms with Crippen molar-refractivity contribution in [1.82, 2.24) is 9.88 Å². The maximum atomic E-state index is 11.9. The lowest BCUT2D eigenvalue weighted by molar-refractivity contribution is -0.144. The predicted octanol–water partition coefficient (Wildman–Crippen LogP) is 5.04. The van der Waals surface area contributed by atoms with Gasteiger partial charge in [0, 0.05) is 19.5 Å². The third-order valence-electron chi connectivity index (χ3n) is 5.85. The number of hydrogen-bond acceptors (Lipinski definition) is 5. The van der Waals surface area contributed by atoms with Gasteiger partial charge in [0.2, 0.25) is 5.89 Å². The van der Waals surface area contributed by atoms with Crippen LogP contribution in [0.3, 0.4) is 0 Å². The van der Waals surface area contributed by atoms with Crippen LogP contribution in [0.5, 0.6) is 5.75 Å². The Morgan fingerprint density at radius 3 is 2.73 bits per heavy atom. The minimum atomic E-state index is -0.785. The molecule has 0 saturated heterocycles. The van der Waals surface area contributed by atoms with Crippen LogP contribution in [0.2, 0.25) is 0 Å². The molecule has 0 spiro atoms. The first-order chi connectivity index (χ1) is 15.9. The number of allylic oxidation sites excluding steroid dienone is 1. The van der Waals surface area contributed by atoms with Crippen molar-refractivity contribution in [2.24, 2.45) is 0 Å². The van der Waals surface area contributed by atoms with Gasteiger partial charge in [0.05, 0.1) is 12.3 Å². The van der Waals surface area contributed by atoms with Gasteiger partial charge in [-0.15, -0.1) is 0 Å². The molecule has 0 saturated carbocycles. The van der Waals surface area contributed by atoms with Gasteiger partial charge in [-0.3, -0.25) is 9.69 Å². The second-order valence-corrected chi connectivity index (χ2v) is 8.75. The highest BCUT2D eigenvalue weighted by Crippen LogP contribution is 2.28. The molecule has 33 heavy (non-hydrogen) atoms. The first-order valence-electron chi connectivity index (χ1n) is 11.3. The van der Waals surface area contributed by atoms with E-state index >= 15 is 0 Å². The topological polar surface area (TPSA) is 75.8 Å². The molecular formula is C27H30N2O4. The number of ether oxygens (including phenoxy) is 1. The first kappa shape index (κ1) is 22.8. The Hall–Kier alpha value is -3.38. The molecular weight excluding hydrogens is 416 g/mol. The lowest BCUT2D eigenvalue weighted by Crippen LogP contribution is -2.45. The summed E-state index contributed by atoms with van der Waals surface area (Å²) >= 11 is 0. The van der Waals surface area contributed by atoms with E-state index in [0.717, 1.165) is 39.5 Å². The van der Waals surface area contributed by atoms with E-state index in [1.807, 2.05) is 80.3 Å². The summed E-state index contributed by atoms with van der Waals surface area (Å²) in [6.45, 7) is 7.61. The van der Waals surface area contributed by atoms with Crippen LogP contribution in [0.15, 0.2) is 58.5 Å². The van der Waals surface area contributed by atoms with Crippen molar-refractivity contribution in [3.63, 3.8) is 0 Å². The number of carboxylic acid groups (broad SMARTS) is 1. The van der Waals surface area contributed by atoms with Crippen molar-refractivity contribution in [2.75, 3.05) is 6.61 Å². The molecule has 0 aliphatic carbocycles. The lowest BCUT2D eigenvalue weighted by Gasteiger charge is -2.34. The minimum absolute atomic E-state index is 0.489. The van der Waals surface area contributed by atoms with Crippen LogP contribution in [-0.2, 0) is 30.7 Å². The number of fused-ring (bicyclic) bond motifs is 1. The summed E-state index contributed by atoms with van der Waals surface area (Å²) in [5, 5.41) is 9.78. The predicted molar refractivity (Wildman–Crippen MR) is 127 cm³/mol. The van der Waals surface area contributed by atoms with Crippen LogP contribution in [0.4, 0.5) is 0 Å². The first-order valence-corrected chi connectivity index (χ1v) is 11.3. The third-order valence-corrected chi connectivity index (χ3v) is 5.85. The van der Waals surface area contributed by atoms with Crippen molar-refractivity contribution in [3.05, 3.63) is 88.1 Å². The smallest absolute Gasteiger partial charge is 0.321 e. The zero-order chi connectivity index (χ0) is 23.4. The Bertz CT molecular complexity index is 1150. The van der Waals surface area contributed by atoms with Crippen molar-refractivity contribution in [1.29, 1.82) is 0 Å². The minimum Gasteiger partial charge on any atom is -0.493 e. The molecule has 6 heteroatoms. The van der Waals surface area contributed by atoms with Gasteiger partial charge >= 0.3 is 5.97 Å². The van der Waals surface area contributed by atoms with Crippen molar-refractivity contribution < 1.29 is 19.1 Å². The molecule has 1 aliphatic heterocycles. The molecule has 4 rings (SSSR count). The summed E-state index contributed by atoms with van der Waals surface area (Å²) in [5.74, 6) is 1.44. The summed E-state index contributed by atoms with van der Waals surface area (Å²) in [4.78, 5) is 18.5. The highest BCUT2D eigenvalue weighted by atomic mass is 16.5. The summed E-state index contributed by atoms with van der Waals surface area (Å²) in [6, 6.07) is 15.4. The molecule has 2 heterocycles. The fraction of sp³-hybridized carbons (Fsp3) is 0.333. The summed E-state index contributed by atoms with van der Waals surface area (Å²) in [6.07, 6.45) is 3.07. The third kappa shape index (κ3) is 5.71. The molecule has 3 aromatic rings. The quantitative estimate of drug-likeness (QED) is 0.523. The van der Waals surface area contributed by atoms with Crippen molar-refractivity contribution >= 4 is 12.0 Å². The van der Waals surface area contributed by atoms with E-state index in [-0.39, 0.29) is 0 Å². The zero-order valence-corrected chi connectivity index (χ0v) is 19.4. The average molecular weight is 447 g/mol. The second kappa shape index (κ2) is 10.0. The van der Waals surface area contributed by atoms with Gasteiger partial charge in [0.1, 0.15) is 17.6 Å². The lowest BCUT2D eigenvalue weighted by atomic mass is 9.93. The van der Waals surface area contributed by atoms with Gasteiger partial charge in [-0.1, -0.05) is 42.0 Å². The van der Waals surface area contributed by atoms with Crippen LogP contribution in [0.25, 0.3) is 6.08 Å². The maximum Gasteiger partial charge on any atom is 0.321 e. The van der Waals surface area contributed by atoms with E-state index in [4.69, 9.17) is 9.15 Å². The van der Waals surface area contributed by atoms with Crippen LogP contribution < -0.4 is 4.74 Å². The van der Waals surface area contributed by atoms with E-state index in [2.05, 4.69) is 4.98 Å². The van der Waals surface area contributed by atoms with Crippen LogP contribution in [0, 0.1) is 6.92 Å². The van der Waals surface area contributed by atoms with Crippen LogP contribution >= 0.6 is 0 Å². The number of nitrogens with zero attached hydrogens (tertiary/aromatic N) is 2. The van der Waals surface area contributed by atoms with E-state index < -0.39 is 12.0 Å². The monoisotopic (exact) mass is 446 g/mol. The van der Waals surface area contributed by atoms with E-state index in [0.29, 0.717) is 38.4 Å². The summed E-state index contributed by atoms with van der Waals surface area (Å²) in [7, 11) is 0. The molecule has 1 N–H and O–H groups in total. The van der Waals surface area contributed by atoms with Crippen LogP contribution in [-0.4, -0.2) is 33.6 Å². The normalized spacial score (nSPS) is 15.7. The number of aryl methyl sites for hydroxylation is 1. The molecule has 0 fully saturated rings. The van der Waals surface area contributed by atoms with Crippen LogP contribution in [0.1, 0.15) is 47.9 Å². The van der Waals surface area contributed by atoms with Gasteiger partial charge in [0.15, 0.2) is 0 Å². The Morgan fingerprint density at radius 1 is 1.21 bits per heavy atom. The SMILES string of the molecule is CC(C)=Cc1nc(CCOc2ccc3c(c2)CN(Cc2ccccc2)[C@H](C(=O)O)C3)c(C)o1. The number of aliphatic carboxylic acids is 1. The fourth-order valence-corrected chi connectivity index (χ4v) is 4.19. The fourth-order valence-electron chi connectivity index (χ4n) is 4.19. The Kier molecular flexibility index (Phi) is 6.94. The molecule has 1 atom stereocenters. The van der Waals surface area contributed by atoms with Gasteiger partial charge in [-0.25, -0.2) is 4.98 Å². The standard InChI is InChI=1S/C27H30N2O4/c1-18(2)13-26-28-24(19(3)33-26)11-12-32-23-10-9-21-15-25(27(30)31)29(17-22(21)14-23)16-20-7-5-4-6-8-20/h4-10,13-14,25H,11-12,15-17H2,1-3H3,(H,30,31)/t25-/m0/s1. The number of oxazole rings is 1. The Balaban J connectivity index is 1.43. The molecule has 6 nitrogen and oxygen atoms in total. The largest absolute Gasteiger partial charge is 0.493 e. The van der Waals surface area contributed by atoms with E-state index in [1.54, 1.807) is 0 Å². The van der Waals surface area contributed by atoms with Gasteiger partial charge in [0.25, 0.3) is 0 Å². The highest BCUT2D eigenvalue weighted by molar-refractivity contribution is 5.74. The average Bonchev–Trinajstić information content (AvgIpc) is 3.11. The number of benzene rings is 2. The highest BCUT2D eigenvalue weighted by Gasteiger charge is 2.31. The van der Waals surface area contributed by atoms with E-state index in [1.165, 1.54) is 0 Å². The van der Waals surface area contributed by atoms with Crippen molar-refractivity contribution in [2.45, 2.75) is 52.7 Å². The number of rotatable bonds is 8. The van der Waals surface area contributed by atoms with E-state index in [9.17, 15) is 9.90 Å². The van der Waals surface area contributed by atoms with Gasteiger partial charge < -0.3 is 14.3 Å². The summed E-state index contributed by atoms with van der Waals surface area (Å²) < 4.78 is 11.7. The molecule has 0 bridgehead atoms. The summed E-state index contributed by atoms with van der Waals surface area (Å²) in [5.41, 5.74) is 5.33. The maximum absolute atomic E-state index is 11.9. The molecule has 1 aliphatic rings. The molecule has 0 radical (unpaired) electrons. The number of carbonyl (C=O) groups is 1.